The zero-order valence-corrected chi connectivity index (χ0v) is 11.8. The summed E-state index contributed by atoms with van der Waals surface area (Å²) in [7, 11) is 0. The van der Waals surface area contributed by atoms with E-state index in [0.717, 1.165) is 34.1 Å². The average molecular weight is 289 g/mol. The molecule has 2 heterocycles. The maximum atomic E-state index is 5.85. The lowest BCUT2D eigenvalue weighted by Gasteiger charge is -2.00. The highest BCUT2D eigenvalue weighted by Crippen LogP contribution is 2.21. The molecule has 1 N–H and O–H groups in total. The maximum absolute atomic E-state index is 5.85. The molecule has 0 spiro atoms. The fourth-order valence-corrected chi connectivity index (χ4v) is 3.07. The van der Waals surface area contributed by atoms with E-state index in [0.29, 0.717) is 0 Å². The van der Waals surface area contributed by atoms with Crippen LogP contribution in [0.4, 0.5) is 0 Å². The number of hydrogen-bond acceptors (Lipinski definition) is 5. The molecule has 3 nitrogen and oxygen atoms in total. The molecule has 92 valence electrons. The summed E-state index contributed by atoms with van der Waals surface area (Å²) in [4.78, 5) is 5.48. The van der Waals surface area contributed by atoms with Crippen LogP contribution in [0.15, 0.2) is 28.0 Å². The number of oxazole rings is 1. The first-order chi connectivity index (χ1) is 8.24. The molecule has 0 bridgehead atoms. The van der Waals surface area contributed by atoms with Crippen LogP contribution in [0, 0.1) is 6.92 Å². The minimum absolute atomic E-state index is 0.739. The number of nitrogens with zero attached hydrogens (tertiary/aromatic N) is 1. The molecule has 0 amide bonds. The van der Waals surface area contributed by atoms with E-state index in [2.05, 4.69) is 10.3 Å². The molecule has 2 aromatic rings. The normalized spacial score (nSPS) is 10.9. The van der Waals surface area contributed by atoms with Crippen molar-refractivity contribution >= 4 is 34.7 Å². The molecule has 0 saturated heterocycles. The Bertz CT molecular complexity index is 427. The molecule has 0 aromatic carbocycles. The second-order valence-electron chi connectivity index (χ2n) is 3.49. The van der Waals surface area contributed by atoms with Gasteiger partial charge in [0.15, 0.2) is 0 Å². The smallest absolute Gasteiger partial charge is 0.255 e. The third kappa shape index (κ3) is 4.35. The average Bonchev–Trinajstić information content (AvgIpc) is 2.88. The molecule has 0 aliphatic carbocycles. The molecule has 17 heavy (non-hydrogen) atoms. The summed E-state index contributed by atoms with van der Waals surface area (Å²) >= 11 is 9.08. The van der Waals surface area contributed by atoms with Gasteiger partial charge < -0.3 is 9.73 Å². The van der Waals surface area contributed by atoms with Gasteiger partial charge in [0.2, 0.25) is 0 Å². The van der Waals surface area contributed by atoms with E-state index >= 15 is 0 Å². The second kappa shape index (κ2) is 6.44. The van der Waals surface area contributed by atoms with Crippen LogP contribution < -0.4 is 5.32 Å². The summed E-state index contributed by atoms with van der Waals surface area (Å²) < 4.78 is 6.08. The van der Waals surface area contributed by atoms with E-state index in [4.69, 9.17) is 16.0 Å². The van der Waals surface area contributed by atoms with Crippen molar-refractivity contribution < 1.29 is 4.42 Å². The van der Waals surface area contributed by atoms with E-state index in [1.54, 1.807) is 29.4 Å². The summed E-state index contributed by atoms with van der Waals surface area (Å²) in [6, 6.07) is 3.97. The van der Waals surface area contributed by atoms with Crippen LogP contribution in [-0.4, -0.2) is 17.3 Å². The molecule has 2 aromatic heterocycles. The van der Waals surface area contributed by atoms with Crippen molar-refractivity contribution in [2.75, 3.05) is 12.3 Å². The monoisotopic (exact) mass is 288 g/mol. The lowest BCUT2D eigenvalue weighted by Crippen LogP contribution is -2.15. The second-order valence-corrected chi connectivity index (χ2v) is 6.33. The molecule has 0 radical (unpaired) electrons. The first-order valence-corrected chi connectivity index (χ1v) is 7.42. The largest absolute Gasteiger partial charge is 0.440 e. The van der Waals surface area contributed by atoms with Crippen molar-refractivity contribution in [3.05, 3.63) is 33.3 Å². The zero-order chi connectivity index (χ0) is 12.1. The summed E-state index contributed by atoms with van der Waals surface area (Å²) in [5.74, 6) is 0.944. The molecule has 0 unspecified atom stereocenters. The Kier molecular flexibility index (Phi) is 4.91. The van der Waals surface area contributed by atoms with Gasteiger partial charge in [-0.3, -0.25) is 0 Å². The highest BCUT2D eigenvalue weighted by atomic mass is 35.5. The third-order valence-electron chi connectivity index (χ3n) is 2.03. The van der Waals surface area contributed by atoms with E-state index in [1.165, 1.54) is 4.88 Å². The minimum atomic E-state index is 0.739. The molecule has 0 aliphatic rings. The van der Waals surface area contributed by atoms with Crippen molar-refractivity contribution in [2.24, 2.45) is 0 Å². The van der Waals surface area contributed by atoms with Gasteiger partial charge >= 0.3 is 0 Å². The predicted molar refractivity (Wildman–Crippen MR) is 73.0 cm³/mol. The Morgan fingerprint density at radius 1 is 1.53 bits per heavy atom. The van der Waals surface area contributed by atoms with Crippen LogP contribution in [0.1, 0.15) is 10.6 Å². The molecule has 6 heteroatoms. The van der Waals surface area contributed by atoms with Crippen LogP contribution in [-0.2, 0) is 6.54 Å². The molecule has 0 saturated carbocycles. The Labute approximate surface area is 114 Å². The molecular weight excluding hydrogens is 276 g/mol. The number of thioether (sulfide) groups is 1. The highest BCUT2D eigenvalue weighted by Gasteiger charge is 2.01. The Morgan fingerprint density at radius 3 is 3.06 bits per heavy atom. The number of nitrogens with one attached hydrogen (secondary N) is 1. The van der Waals surface area contributed by atoms with Crippen LogP contribution >= 0.6 is 34.7 Å². The number of rotatable bonds is 6. The van der Waals surface area contributed by atoms with Crippen LogP contribution in [0.5, 0.6) is 0 Å². The standard InChI is InChI=1S/C11H13ClN2OS2/c1-8-7-15-11(14-8)16-5-4-13-6-9-2-3-10(12)17-9/h2-3,7,13H,4-6H2,1H3. The van der Waals surface area contributed by atoms with Crippen molar-refractivity contribution in [3.63, 3.8) is 0 Å². The van der Waals surface area contributed by atoms with Gasteiger partial charge in [-0.05, 0) is 19.1 Å². The van der Waals surface area contributed by atoms with Gasteiger partial charge in [0.25, 0.3) is 5.22 Å². The van der Waals surface area contributed by atoms with Gasteiger partial charge in [-0.25, -0.2) is 4.98 Å². The van der Waals surface area contributed by atoms with E-state index in [1.807, 2.05) is 19.1 Å². The number of aromatic nitrogens is 1. The number of halogens is 1. The molecular formula is C11H13ClN2OS2. The third-order valence-corrected chi connectivity index (χ3v) is 4.10. The Morgan fingerprint density at radius 2 is 2.41 bits per heavy atom. The van der Waals surface area contributed by atoms with Crippen LogP contribution in [0.2, 0.25) is 4.34 Å². The maximum Gasteiger partial charge on any atom is 0.255 e. The molecule has 0 atom stereocenters. The van der Waals surface area contributed by atoms with Gasteiger partial charge in [0.1, 0.15) is 6.26 Å². The lowest BCUT2D eigenvalue weighted by atomic mass is 10.4. The topological polar surface area (TPSA) is 38.1 Å². The summed E-state index contributed by atoms with van der Waals surface area (Å²) in [5.41, 5.74) is 0.925. The van der Waals surface area contributed by atoms with Crippen molar-refractivity contribution in [3.8, 4) is 0 Å². The SMILES string of the molecule is Cc1coc(SCCNCc2ccc(Cl)s2)n1. The number of hydrogen-bond donors (Lipinski definition) is 1. The van der Waals surface area contributed by atoms with E-state index in [9.17, 15) is 0 Å². The molecule has 0 aliphatic heterocycles. The van der Waals surface area contributed by atoms with Gasteiger partial charge in [-0.1, -0.05) is 23.4 Å². The van der Waals surface area contributed by atoms with Gasteiger partial charge in [-0.15, -0.1) is 11.3 Å². The van der Waals surface area contributed by atoms with E-state index in [-0.39, 0.29) is 0 Å². The lowest BCUT2D eigenvalue weighted by molar-refractivity contribution is 0.454. The number of aryl methyl sites for hydroxylation is 1. The Balaban J connectivity index is 1.60. The predicted octanol–water partition coefficient (Wildman–Crippen LogP) is 3.58. The summed E-state index contributed by atoms with van der Waals surface area (Å²) in [6.45, 7) is 3.70. The molecule has 0 fully saturated rings. The van der Waals surface area contributed by atoms with Crippen molar-refractivity contribution in [2.45, 2.75) is 18.7 Å². The minimum Gasteiger partial charge on any atom is -0.440 e. The van der Waals surface area contributed by atoms with Gasteiger partial charge in [0.05, 0.1) is 10.0 Å². The fourth-order valence-electron chi connectivity index (χ4n) is 1.27. The van der Waals surface area contributed by atoms with Crippen LogP contribution in [0.25, 0.3) is 0 Å². The van der Waals surface area contributed by atoms with Gasteiger partial charge in [-0.2, -0.15) is 0 Å². The summed E-state index contributed by atoms with van der Waals surface area (Å²) in [5, 5.41) is 4.09. The summed E-state index contributed by atoms with van der Waals surface area (Å²) in [6.07, 6.45) is 1.67. The first-order valence-electron chi connectivity index (χ1n) is 5.24. The van der Waals surface area contributed by atoms with Gasteiger partial charge in [0, 0.05) is 23.7 Å². The zero-order valence-electron chi connectivity index (χ0n) is 9.40. The quantitative estimate of drug-likeness (QED) is 0.651. The van der Waals surface area contributed by atoms with E-state index < -0.39 is 0 Å². The van der Waals surface area contributed by atoms with Crippen LogP contribution in [0.3, 0.4) is 0 Å². The van der Waals surface area contributed by atoms with Crippen molar-refractivity contribution in [1.29, 1.82) is 0 Å². The highest BCUT2D eigenvalue weighted by molar-refractivity contribution is 7.99. The first kappa shape index (κ1) is 13.0. The fraction of sp³-hybridized carbons (Fsp3) is 0.364. The molecule has 2 rings (SSSR count). The number of thiophene rings is 1. The Hall–Kier alpha value is -0.490. The van der Waals surface area contributed by atoms with Crippen molar-refractivity contribution in [1.82, 2.24) is 10.3 Å².